The average molecular weight is 473 g/mol. The molecule has 35 heavy (non-hydrogen) atoms. The lowest BCUT2D eigenvalue weighted by atomic mass is 9.97. The molecule has 0 atom stereocenters. The number of aromatic nitrogens is 2. The molecule has 0 bridgehead atoms. The first-order chi connectivity index (χ1) is 16.9. The standard InChI is InChI=1S/C26H21F2N5O2/c1-2-29-26(35)31-24-12-16-5-4-15(11-22(16)30-24)19-9-14(3-8-21(19)28)10-23-20-13-17(27)6-7-18(20)25(34)33-32-23/h3-9,11,13H,2,10,12H2,1H3,(H,33,34)(H2,29,30,31,35). The monoisotopic (exact) mass is 473 g/mol. The van der Waals surface area contributed by atoms with E-state index in [-0.39, 0.29) is 12.5 Å². The normalized spacial score (nSPS) is 12.4. The number of hydrogen-bond donors (Lipinski definition) is 3. The van der Waals surface area contributed by atoms with Crippen LogP contribution in [0, 0.1) is 11.6 Å². The van der Waals surface area contributed by atoms with Crippen molar-refractivity contribution in [1.82, 2.24) is 20.8 Å². The molecule has 1 aromatic heterocycles. The molecular formula is C26H21F2N5O2. The molecule has 9 heteroatoms. The molecule has 4 aromatic rings. The summed E-state index contributed by atoms with van der Waals surface area (Å²) in [5.74, 6) is -0.340. The number of fused-ring (bicyclic) bond motifs is 2. The maximum Gasteiger partial charge on any atom is 0.320 e. The number of hydrogen-bond acceptors (Lipinski definition) is 4. The number of carbonyl (C=O) groups is 1. The maximum atomic E-state index is 14.8. The van der Waals surface area contributed by atoms with Gasteiger partial charge in [-0.25, -0.2) is 23.7 Å². The van der Waals surface area contributed by atoms with Gasteiger partial charge < -0.3 is 5.32 Å². The van der Waals surface area contributed by atoms with Crippen molar-refractivity contribution in [2.75, 3.05) is 6.54 Å². The number of nitrogens with one attached hydrogen (secondary N) is 3. The van der Waals surface area contributed by atoms with Gasteiger partial charge >= 0.3 is 6.03 Å². The Morgan fingerprint density at radius 2 is 1.91 bits per heavy atom. The fourth-order valence-electron chi connectivity index (χ4n) is 4.18. The SMILES string of the molecule is CCNC(=O)NC1=Nc2cc(-c3cc(Cc4n[nH]c(=O)c5ccc(F)cc45)ccc3F)ccc2C1. The summed E-state index contributed by atoms with van der Waals surface area (Å²) in [5, 5.41) is 12.7. The second-order valence-corrected chi connectivity index (χ2v) is 8.24. The van der Waals surface area contributed by atoms with Crippen LogP contribution in [0.2, 0.25) is 0 Å². The first kappa shape index (κ1) is 22.4. The van der Waals surface area contributed by atoms with Crippen molar-refractivity contribution < 1.29 is 13.6 Å². The number of urea groups is 1. The van der Waals surface area contributed by atoms with Gasteiger partial charge in [0.25, 0.3) is 5.56 Å². The minimum atomic E-state index is -0.467. The van der Waals surface area contributed by atoms with Crippen LogP contribution in [0.15, 0.2) is 64.4 Å². The van der Waals surface area contributed by atoms with Gasteiger partial charge in [0.2, 0.25) is 0 Å². The number of halogens is 2. The highest BCUT2D eigenvalue weighted by molar-refractivity contribution is 6.02. The molecule has 2 heterocycles. The Kier molecular flexibility index (Phi) is 5.82. The molecule has 3 aromatic carbocycles. The van der Waals surface area contributed by atoms with Gasteiger partial charge in [0.05, 0.1) is 16.8 Å². The second kappa shape index (κ2) is 9.09. The van der Waals surface area contributed by atoms with E-state index in [1.54, 1.807) is 18.2 Å². The van der Waals surface area contributed by atoms with Crippen LogP contribution in [0.5, 0.6) is 0 Å². The van der Waals surface area contributed by atoms with Crippen LogP contribution >= 0.6 is 0 Å². The number of benzene rings is 3. The number of H-pyrrole nitrogens is 1. The van der Waals surface area contributed by atoms with E-state index < -0.39 is 17.2 Å². The summed E-state index contributed by atoms with van der Waals surface area (Å²) in [5.41, 5.74) is 3.45. The zero-order chi connectivity index (χ0) is 24.5. The van der Waals surface area contributed by atoms with Crippen molar-refractivity contribution in [2.45, 2.75) is 19.8 Å². The van der Waals surface area contributed by atoms with E-state index in [0.717, 1.165) is 11.1 Å². The Morgan fingerprint density at radius 3 is 2.74 bits per heavy atom. The van der Waals surface area contributed by atoms with Gasteiger partial charge in [-0.05, 0) is 60.0 Å². The number of amidine groups is 1. The quantitative estimate of drug-likeness (QED) is 0.411. The van der Waals surface area contributed by atoms with Crippen LogP contribution in [0.4, 0.5) is 19.3 Å². The Balaban J connectivity index is 1.46. The minimum Gasteiger partial charge on any atom is -0.338 e. The van der Waals surface area contributed by atoms with Crippen molar-refractivity contribution in [3.8, 4) is 11.1 Å². The molecule has 176 valence electrons. The van der Waals surface area contributed by atoms with Crippen LogP contribution in [0.1, 0.15) is 23.7 Å². The molecule has 5 rings (SSSR count). The van der Waals surface area contributed by atoms with Crippen molar-refractivity contribution in [3.63, 3.8) is 0 Å². The topological polar surface area (TPSA) is 99.2 Å². The lowest BCUT2D eigenvalue weighted by molar-refractivity contribution is 0.245. The van der Waals surface area contributed by atoms with Crippen LogP contribution in [0.3, 0.4) is 0 Å². The molecule has 0 fully saturated rings. The number of carbonyl (C=O) groups excluding carboxylic acids is 1. The number of aliphatic imine (C=N–C) groups is 1. The van der Waals surface area contributed by atoms with E-state index in [9.17, 15) is 18.4 Å². The predicted octanol–water partition coefficient (Wildman–Crippen LogP) is 4.36. The fourth-order valence-corrected chi connectivity index (χ4v) is 4.18. The van der Waals surface area contributed by atoms with E-state index in [1.165, 1.54) is 24.3 Å². The van der Waals surface area contributed by atoms with Crippen LogP contribution in [-0.4, -0.2) is 28.6 Å². The Labute approximate surface area is 198 Å². The predicted molar refractivity (Wildman–Crippen MR) is 130 cm³/mol. The summed E-state index contributed by atoms with van der Waals surface area (Å²) in [7, 11) is 0. The smallest absolute Gasteiger partial charge is 0.320 e. The van der Waals surface area contributed by atoms with Crippen LogP contribution in [0.25, 0.3) is 21.9 Å². The van der Waals surface area contributed by atoms with E-state index in [0.29, 0.717) is 52.1 Å². The molecule has 0 aliphatic carbocycles. The summed E-state index contributed by atoms with van der Waals surface area (Å²) in [6.07, 6.45) is 0.754. The van der Waals surface area contributed by atoms with E-state index in [2.05, 4.69) is 25.8 Å². The van der Waals surface area contributed by atoms with Gasteiger partial charge in [0.1, 0.15) is 17.5 Å². The number of rotatable bonds is 4. The molecular weight excluding hydrogens is 452 g/mol. The molecule has 0 saturated heterocycles. The molecule has 1 aliphatic rings. The Morgan fingerprint density at radius 1 is 1.06 bits per heavy atom. The average Bonchev–Trinajstić information content (AvgIpc) is 3.23. The van der Waals surface area contributed by atoms with E-state index >= 15 is 0 Å². The first-order valence-corrected chi connectivity index (χ1v) is 11.1. The Hall–Kier alpha value is -4.40. The molecule has 3 N–H and O–H groups in total. The van der Waals surface area contributed by atoms with Gasteiger partial charge in [0, 0.05) is 30.3 Å². The van der Waals surface area contributed by atoms with E-state index in [1.807, 2.05) is 19.1 Å². The van der Waals surface area contributed by atoms with E-state index in [4.69, 9.17) is 0 Å². The highest BCUT2D eigenvalue weighted by atomic mass is 19.1. The van der Waals surface area contributed by atoms with Crippen molar-refractivity contribution in [3.05, 3.63) is 93.4 Å². The molecule has 1 aliphatic heterocycles. The summed E-state index contributed by atoms with van der Waals surface area (Å²) in [6.45, 7) is 2.33. The second-order valence-electron chi connectivity index (χ2n) is 8.24. The van der Waals surface area contributed by atoms with Crippen LogP contribution < -0.4 is 16.2 Å². The number of aromatic amines is 1. The first-order valence-electron chi connectivity index (χ1n) is 11.1. The largest absolute Gasteiger partial charge is 0.338 e. The van der Waals surface area contributed by atoms with Crippen LogP contribution in [-0.2, 0) is 12.8 Å². The third-order valence-electron chi connectivity index (χ3n) is 5.84. The highest BCUT2D eigenvalue weighted by Crippen LogP contribution is 2.33. The van der Waals surface area contributed by atoms with Gasteiger partial charge in [-0.3, -0.25) is 10.1 Å². The van der Waals surface area contributed by atoms with Gasteiger partial charge in [-0.2, -0.15) is 5.10 Å². The molecule has 0 spiro atoms. The maximum absolute atomic E-state index is 14.8. The minimum absolute atomic E-state index is 0.272. The molecule has 2 amide bonds. The summed E-state index contributed by atoms with van der Waals surface area (Å²) in [6, 6.07) is 13.8. The van der Waals surface area contributed by atoms with Gasteiger partial charge in [0.15, 0.2) is 0 Å². The van der Waals surface area contributed by atoms with Crippen molar-refractivity contribution in [2.24, 2.45) is 4.99 Å². The zero-order valence-electron chi connectivity index (χ0n) is 18.8. The number of nitrogens with zero attached hydrogens (tertiary/aromatic N) is 2. The summed E-state index contributed by atoms with van der Waals surface area (Å²) in [4.78, 5) is 28.3. The molecule has 0 unspecified atom stereocenters. The molecule has 7 nitrogen and oxygen atoms in total. The van der Waals surface area contributed by atoms with Gasteiger partial charge in [-0.15, -0.1) is 0 Å². The third-order valence-corrected chi connectivity index (χ3v) is 5.84. The number of amides is 2. The molecule has 0 radical (unpaired) electrons. The lowest BCUT2D eigenvalue weighted by Crippen LogP contribution is -2.39. The third kappa shape index (κ3) is 4.52. The summed E-state index contributed by atoms with van der Waals surface area (Å²) < 4.78 is 28.7. The highest BCUT2D eigenvalue weighted by Gasteiger charge is 2.18. The van der Waals surface area contributed by atoms with Gasteiger partial charge in [-0.1, -0.05) is 18.2 Å². The fraction of sp³-hybridized carbons (Fsp3) is 0.154. The molecule has 0 saturated carbocycles. The van der Waals surface area contributed by atoms with Crippen molar-refractivity contribution >= 4 is 28.3 Å². The zero-order valence-corrected chi connectivity index (χ0v) is 18.8. The summed E-state index contributed by atoms with van der Waals surface area (Å²) >= 11 is 0. The Bertz CT molecular complexity index is 1560. The lowest BCUT2D eigenvalue weighted by Gasteiger charge is -2.10. The van der Waals surface area contributed by atoms with Crippen molar-refractivity contribution in [1.29, 1.82) is 0 Å².